The van der Waals surface area contributed by atoms with E-state index >= 15 is 0 Å². The third-order valence-corrected chi connectivity index (χ3v) is 2.24. The summed E-state index contributed by atoms with van der Waals surface area (Å²) in [5.41, 5.74) is 0. The lowest BCUT2D eigenvalue weighted by atomic mass is 10.2. The molecule has 0 amide bonds. The van der Waals surface area contributed by atoms with Crippen LogP contribution in [0.4, 0.5) is 10.2 Å². The molecule has 0 atom stereocenters. The number of anilines is 1. The smallest absolute Gasteiger partial charge is 0.159 e. The van der Waals surface area contributed by atoms with E-state index in [1.807, 2.05) is 6.92 Å². The van der Waals surface area contributed by atoms with Gasteiger partial charge in [0, 0.05) is 17.0 Å². The summed E-state index contributed by atoms with van der Waals surface area (Å²) in [4.78, 5) is 0. The van der Waals surface area contributed by atoms with Crippen LogP contribution in [-0.4, -0.2) is 16.7 Å². The van der Waals surface area contributed by atoms with Crippen molar-refractivity contribution in [3.05, 3.63) is 29.2 Å². The molecule has 1 heterocycles. The topological polar surface area (TPSA) is 37.8 Å². The molecular weight excluding hydrogens is 217 g/mol. The third-order valence-electron chi connectivity index (χ3n) is 2.02. The molecule has 1 aromatic heterocycles. The van der Waals surface area contributed by atoms with Crippen molar-refractivity contribution in [1.82, 2.24) is 10.2 Å². The summed E-state index contributed by atoms with van der Waals surface area (Å²) in [6, 6.07) is 2.93. The summed E-state index contributed by atoms with van der Waals surface area (Å²) >= 11 is 5.74. The summed E-state index contributed by atoms with van der Waals surface area (Å²) in [7, 11) is 0. The maximum atomic E-state index is 13.6. The molecule has 2 aromatic rings. The van der Waals surface area contributed by atoms with Crippen molar-refractivity contribution in [2.24, 2.45) is 0 Å². The van der Waals surface area contributed by atoms with E-state index in [2.05, 4.69) is 15.5 Å². The average Bonchev–Trinajstić information content (AvgIpc) is 2.17. The standard InChI is InChI=1S/C10H9ClFN3/c1-2-13-10-9-6(5-14-15-10)3-7(11)4-8(9)12/h3-5H,2H2,1H3,(H,13,15). The first-order chi connectivity index (χ1) is 7.22. The molecule has 0 bridgehead atoms. The highest BCUT2D eigenvalue weighted by Gasteiger charge is 2.09. The maximum Gasteiger partial charge on any atom is 0.159 e. The van der Waals surface area contributed by atoms with E-state index in [1.54, 1.807) is 6.07 Å². The minimum Gasteiger partial charge on any atom is -0.368 e. The van der Waals surface area contributed by atoms with Gasteiger partial charge >= 0.3 is 0 Å². The number of fused-ring (bicyclic) bond motifs is 1. The molecule has 1 N–H and O–H groups in total. The van der Waals surface area contributed by atoms with Gasteiger partial charge in [-0.15, -0.1) is 5.10 Å². The number of hydrogen-bond donors (Lipinski definition) is 1. The molecular formula is C10H9ClFN3. The maximum absolute atomic E-state index is 13.6. The van der Waals surface area contributed by atoms with Crippen molar-refractivity contribution in [1.29, 1.82) is 0 Å². The second kappa shape index (κ2) is 3.98. The highest BCUT2D eigenvalue weighted by Crippen LogP contribution is 2.26. The van der Waals surface area contributed by atoms with Crippen molar-refractivity contribution in [2.45, 2.75) is 6.92 Å². The Kier molecular flexibility index (Phi) is 2.68. The molecule has 0 saturated carbocycles. The van der Waals surface area contributed by atoms with Crippen LogP contribution in [0.2, 0.25) is 5.02 Å². The van der Waals surface area contributed by atoms with Gasteiger partial charge in [0.2, 0.25) is 0 Å². The summed E-state index contributed by atoms with van der Waals surface area (Å²) < 4.78 is 13.6. The van der Waals surface area contributed by atoms with Gasteiger partial charge in [-0.25, -0.2) is 4.39 Å². The zero-order valence-electron chi connectivity index (χ0n) is 8.09. The molecule has 0 saturated heterocycles. The minimum atomic E-state index is -0.386. The molecule has 78 valence electrons. The summed E-state index contributed by atoms with van der Waals surface area (Å²) in [6.45, 7) is 2.57. The number of halogens is 2. The predicted molar refractivity (Wildman–Crippen MR) is 58.7 cm³/mol. The fourth-order valence-corrected chi connectivity index (χ4v) is 1.65. The van der Waals surface area contributed by atoms with Crippen LogP contribution < -0.4 is 5.32 Å². The van der Waals surface area contributed by atoms with Crippen molar-refractivity contribution >= 4 is 28.2 Å². The third kappa shape index (κ3) is 1.85. The Morgan fingerprint density at radius 1 is 1.47 bits per heavy atom. The van der Waals surface area contributed by atoms with Crippen LogP contribution in [-0.2, 0) is 0 Å². The first-order valence-electron chi connectivity index (χ1n) is 4.56. The highest BCUT2D eigenvalue weighted by atomic mass is 35.5. The highest BCUT2D eigenvalue weighted by molar-refractivity contribution is 6.31. The number of hydrogen-bond acceptors (Lipinski definition) is 3. The van der Waals surface area contributed by atoms with Gasteiger partial charge in [-0.05, 0) is 19.1 Å². The Morgan fingerprint density at radius 2 is 2.27 bits per heavy atom. The lowest BCUT2D eigenvalue weighted by Crippen LogP contribution is -2.02. The Labute approximate surface area is 91.3 Å². The van der Waals surface area contributed by atoms with Gasteiger partial charge < -0.3 is 5.32 Å². The van der Waals surface area contributed by atoms with Gasteiger partial charge in [0.1, 0.15) is 5.82 Å². The van der Waals surface area contributed by atoms with Crippen LogP contribution in [0, 0.1) is 5.82 Å². The number of aromatic nitrogens is 2. The summed E-state index contributed by atoms with van der Waals surface area (Å²) in [5.74, 6) is 0.0625. The molecule has 0 fully saturated rings. The molecule has 0 radical (unpaired) electrons. The van der Waals surface area contributed by atoms with E-state index in [1.165, 1.54) is 12.3 Å². The van der Waals surface area contributed by atoms with Crippen LogP contribution >= 0.6 is 11.6 Å². The van der Waals surface area contributed by atoms with Crippen molar-refractivity contribution in [2.75, 3.05) is 11.9 Å². The van der Waals surface area contributed by atoms with Gasteiger partial charge in [0.25, 0.3) is 0 Å². The van der Waals surface area contributed by atoms with E-state index < -0.39 is 0 Å². The lowest BCUT2D eigenvalue weighted by molar-refractivity contribution is 0.639. The monoisotopic (exact) mass is 225 g/mol. The van der Waals surface area contributed by atoms with Gasteiger partial charge in [-0.2, -0.15) is 5.10 Å². The first-order valence-corrected chi connectivity index (χ1v) is 4.94. The molecule has 0 aliphatic heterocycles. The van der Waals surface area contributed by atoms with Gasteiger partial charge in [0.05, 0.1) is 11.6 Å². The number of benzene rings is 1. The number of nitrogens with zero attached hydrogens (tertiary/aromatic N) is 2. The Morgan fingerprint density at radius 3 is 3.00 bits per heavy atom. The number of rotatable bonds is 2. The second-order valence-corrected chi connectivity index (χ2v) is 3.51. The molecule has 15 heavy (non-hydrogen) atoms. The fraction of sp³-hybridized carbons (Fsp3) is 0.200. The first kappa shape index (κ1) is 10.1. The van der Waals surface area contributed by atoms with E-state index in [4.69, 9.17) is 11.6 Å². The van der Waals surface area contributed by atoms with Gasteiger partial charge in [-0.3, -0.25) is 0 Å². The molecule has 3 nitrogen and oxygen atoms in total. The van der Waals surface area contributed by atoms with Crippen LogP contribution in [0.5, 0.6) is 0 Å². The second-order valence-electron chi connectivity index (χ2n) is 3.08. The molecule has 5 heteroatoms. The molecule has 1 aromatic carbocycles. The average molecular weight is 226 g/mol. The van der Waals surface area contributed by atoms with Gasteiger partial charge in [-0.1, -0.05) is 11.6 Å². The molecule has 0 aliphatic rings. The lowest BCUT2D eigenvalue weighted by Gasteiger charge is -2.06. The minimum absolute atomic E-state index is 0.357. The van der Waals surface area contributed by atoms with Crippen molar-refractivity contribution in [3.8, 4) is 0 Å². The Balaban J connectivity index is 2.73. The zero-order valence-corrected chi connectivity index (χ0v) is 8.85. The van der Waals surface area contributed by atoms with Crippen molar-refractivity contribution in [3.63, 3.8) is 0 Å². The molecule has 0 unspecified atom stereocenters. The normalized spacial score (nSPS) is 10.6. The van der Waals surface area contributed by atoms with E-state index in [0.29, 0.717) is 28.2 Å². The quantitative estimate of drug-likeness (QED) is 0.854. The van der Waals surface area contributed by atoms with Crippen LogP contribution in [0.1, 0.15) is 6.92 Å². The Hall–Kier alpha value is -1.42. The van der Waals surface area contributed by atoms with Gasteiger partial charge in [0.15, 0.2) is 5.82 Å². The van der Waals surface area contributed by atoms with Crippen molar-refractivity contribution < 1.29 is 4.39 Å². The van der Waals surface area contributed by atoms with Crippen LogP contribution in [0.15, 0.2) is 18.3 Å². The largest absolute Gasteiger partial charge is 0.368 e. The molecule has 0 spiro atoms. The summed E-state index contributed by atoms with van der Waals surface area (Å²) in [5, 5.41) is 12.0. The fourth-order valence-electron chi connectivity index (χ4n) is 1.44. The van der Waals surface area contributed by atoms with Crippen LogP contribution in [0.25, 0.3) is 10.8 Å². The summed E-state index contributed by atoms with van der Waals surface area (Å²) in [6.07, 6.45) is 1.49. The van der Waals surface area contributed by atoms with E-state index in [9.17, 15) is 4.39 Å². The predicted octanol–water partition coefficient (Wildman–Crippen LogP) is 2.85. The Bertz CT molecular complexity index is 501. The number of nitrogens with one attached hydrogen (secondary N) is 1. The van der Waals surface area contributed by atoms with Crippen LogP contribution in [0.3, 0.4) is 0 Å². The SMILES string of the molecule is CCNc1nncc2cc(Cl)cc(F)c12. The molecule has 0 aliphatic carbocycles. The van der Waals surface area contributed by atoms with E-state index in [0.717, 1.165) is 0 Å². The molecule has 2 rings (SSSR count). The van der Waals surface area contributed by atoms with E-state index in [-0.39, 0.29) is 5.82 Å². The zero-order chi connectivity index (χ0) is 10.8.